The fourth-order valence-corrected chi connectivity index (χ4v) is 3.70. The Hall–Kier alpha value is -2.33. The van der Waals surface area contributed by atoms with Gasteiger partial charge in [0.05, 0.1) is 16.7 Å². The minimum absolute atomic E-state index is 0.0759. The normalized spacial score (nSPS) is 19.7. The molecule has 0 heterocycles. The van der Waals surface area contributed by atoms with Crippen LogP contribution in [0.15, 0.2) is 12.1 Å². The maximum Gasteiger partial charge on any atom is 0.339 e. The molecule has 1 aliphatic carbocycles. The van der Waals surface area contributed by atoms with E-state index >= 15 is 0 Å². The second kappa shape index (κ2) is 9.23. The topological polar surface area (TPSA) is 73.9 Å². The molecule has 0 spiro atoms. The number of benzene rings is 1. The molecule has 0 radical (unpaired) electrons. The van der Waals surface area contributed by atoms with Crippen LogP contribution < -0.4 is 0 Å². The van der Waals surface area contributed by atoms with Crippen LogP contribution in [0.3, 0.4) is 0 Å². The lowest BCUT2D eigenvalue weighted by atomic mass is 9.84. The van der Waals surface area contributed by atoms with Crippen LogP contribution in [0.1, 0.15) is 85.8 Å². The van der Waals surface area contributed by atoms with E-state index in [2.05, 4.69) is 13.0 Å². The number of hydrogen-bond acceptors (Lipinski definition) is 4. The van der Waals surface area contributed by atoms with Gasteiger partial charge in [0, 0.05) is 0 Å². The zero-order chi connectivity index (χ0) is 18.2. The van der Waals surface area contributed by atoms with Crippen LogP contribution in [-0.2, 0) is 11.2 Å². The zero-order valence-electron chi connectivity index (χ0n) is 15.2. The first-order valence-electron chi connectivity index (χ1n) is 9.31. The van der Waals surface area contributed by atoms with Crippen molar-refractivity contribution in [2.24, 2.45) is 5.92 Å². The van der Waals surface area contributed by atoms with Gasteiger partial charge in [-0.25, -0.2) is 4.79 Å². The minimum Gasteiger partial charge on any atom is -0.459 e. The first kappa shape index (κ1) is 19.0. The van der Waals surface area contributed by atoms with Crippen molar-refractivity contribution in [3.63, 3.8) is 0 Å². The maximum absolute atomic E-state index is 12.6. The lowest BCUT2D eigenvalue weighted by molar-refractivity contribution is 0.0161. The van der Waals surface area contributed by atoms with Gasteiger partial charge in [-0.1, -0.05) is 39.2 Å². The van der Waals surface area contributed by atoms with Crippen molar-refractivity contribution < 1.29 is 9.53 Å². The van der Waals surface area contributed by atoms with Crippen molar-refractivity contribution in [3.8, 4) is 12.1 Å². The Labute approximate surface area is 150 Å². The Morgan fingerprint density at radius 1 is 1.08 bits per heavy atom. The maximum atomic E-state index is 12.6. The van der Waals surface area contributed by atoms with Crippen molar-refractivity contribution >= 4 is 5.97 Å². The lowest BCUT2D eigenvalue weighted by Crippen LogP contribution is -2.25. The molecular weight excluding hydrogens is 312 g/mol. The molecule has 1 aromatic carbocycles. The molecule has 132 valence electrons. The van der Waals surface area contributed by atoms with Crippen LogP contribution in [0, 0.1) is 28.6 Å². The number of carbonyl (C=O) groups excluding carboxylic acids is 1. The molecule has 2 rings (SSSR count). The Bertz CT molecular complexity index is 689. The highest BCUT2D eigenvalue weighted by Crippen LogP contribution is 2.30. The first-order chi connectivity index (χ1) is 12.1. The number of esters is 1. The van der Waals surface area contributed by atoms with E-state index in [-0.39, 0.29) is 17.2 Å². The van der Waals surface area contributed by atoms with Gasteiger partial charge < -0.3 is 4.74 Å². The van der Waals surface area contributed by atoms with Gasteiger partial charge >= 0.3 is 5.97 Å². The molecule has 4 nitrogen and oxygen atoms in total. The van der Waals surface area contributed by atoms with Crippen molar-refractivity contribution in [2.75, 3.05) is 0 Å². The van der Waals surface area contributed by atoms with Gasteiger partial charge in [0.1, 0.15) is 18.2 Å². The summed E-state index contributed by atoms with van der Waals surface area (Å²) in [6, 6.07) is 7.53. The third-order valence-corrected chi connectivity index (χ3v) is 5.02. The fourth-order valence-electron chi connectivity index (χ4n) is 3.70. The van der Waals surface area contributed by atoms with Gasteiger partial charge in [-0.3, -0.25) is 0 Å². The highest BCUT2D eigenvalue weighted by molar-refractivity contribution is 5.93. The van der Waals surface area contributed by atoms with E-state index in [9.17, 15) is 15.3 Å². The van der Waals surface area contributed by atoms with E-state index < -0.39 is 5.97 Å². The molecule has 25 heavy (non-hydrogen) atoms. The largest absolute Gasteiger partial charge is 0.459 e. The molecule has 0 aromatic heterocycles. The zero-order valence-corrected chi connectivity index (χ0v) is 15.2. The lowest BCUT2D eigenvalue weighted by Gasteiger charge is -2.28. The van der Waals surface area contributed by atoms with E-state index in [1.54, 1.807) is 12.1 Å². The molecule has 0 unspecified atom stereocenters. The van der Waals surface area contributed by atoms with Crippen molar-refractivity contribution in [3.05, 3.63) is 34.4 Å². The summed E-state index contributed by atoms with van der Waals surface area (Å²) in [6.45, 7) is 4.22. The van der Waals surface area contributed by atoms with Crippen molar-refractivity contribution in [1.82, 2.24) is 0 Å². The number of nitriles is 2. The van der Waals surface area contributed by atoms with Gasteiger partial charge in [0.15, 0.2) is 0 Å². The smallest absolute Gasteiger partial charge is 0.339 e. The summed E-state index contributed by atoms with van der Waals surface area (Å²) >= 11 is 0. The number of aryl methyl sites for hydroxylation is 1. The number of hydrogen-bond donors (Lipinski definition) is 0. The van der Waals surface area contributed by atoms with Crippen LogP contribution >= 0.6 is 0 Å². The molecule has 1 aromatic rings. The first-order valence-corrected chi connectivity index (χ1v) is 9.31. The highest BCUT2D eigenvalue weighted by atomic mass is 16.5. The van der Waals surface area contributed by atoms with Crippen LogP contribution in [0.4, 0.5) is 0 Å². The second-order valence-corrected chi connectivity index (χ2v) is 6.83. The Morgan fingerprint density at radius 3 is 2.32 bits per heavy atom. The van der Waals surface area contributed by atoms with E-state index in [0.717, 1.165) is 43.6 Å². The minimum atomic E-state index is -0.477. The molecule has 0 amide bonds. The fraction of sp³-hybridized carbons (Fsp3) is 0.571. The van der Waals surface area contributed by atoms with Crippen LogP contribution in [0.5, 0.6) is 0 Å². The average Bonchev–Trinajstić information content (AvgIpc) is 2.63. The summed E-state index contributed by atoms with van der Waals surface area (Å²) in [4.78, 5) is 12.6. The number of nitrogens with zero attached hydrogens (tertiary/aromatic N) is 2. The molecule has 4 heteroatoms. The van der Waals surface area contributed by atoms with Gasteiger partial charge in [-0.05, 0) is 49.7 Å². The standard InChI is InChI=1S/C21H26N2O2/c1-3-5-15-7-10-17(11-8-15)25-21(24)18-12-9-16(6-4-2)19(13-22)20(18)14-23/h9,12,15,17H,3-8,10-11H2,1-2H3. The highest BCUT2D eigenvalue weighted by Gasteiger charge is 2.26. The Balaban J connectivity index is 2.12. The molecule has 0 bridgehead atoms. The summed E-state index contributed by atoms with van der Waals surface area (Å²) in [5, 5.41) is 18.9. The number of ether oxygens (including phenoxy) is 1. The van der Waals surface area contributed by atoms with Gasteiger partial charge in [-0.2, -0.15) is 10.5 Å². The van der Waals surface area contributed by atoms with E-state index in [0.29, 0.717) is 12.0 Å². The van der Waals surface area contributed by atoms with Gasteiger partial charge in [-0.15, -0.1) is 0 Å². The molecule has 1 fully saturated rings. The summed E-state index contributed by atoms with van der Waals surface area (Å²) in [7, 11) is 0. The van der Waals surface area contributed by atoms with E-state index in [1.807, 2.05) is 13.0 Å². The number of rotatable bonds is 6. The monoisotopic (exact) mass is 338 g/mol. The third-order valence-electron chi connectivity index (χ3n) is 5.02. The molecular formula is C21H26N2O2. The van der Waals surface area contributed by atoms with Crippen LogP contribution in [0.2, 0.25) is 0 Å². The summed E-state index contributed by atoms with van der Waals surface area (Å²) < 4.78 is 5.65. The molecule has 0 atom stereocenters. The molecule has 0 N–H and O–H groups in total. The Morgan fingerprint density at radius 2 is 1.76 bits per heavy atom. The molecule has 1 aliphatic rings. The average molecular weight is 338 g/mol. The summed E-state index contributed by atoms with van der Waals surface area (Å²) in [6.07, 6.45) is 7.91. The van der Waals surface area contributed by atoms with Crippen LogP contribution in [0.25, 0.3) is 0 Å². The van der Waals surface area contributed by atoms with Crippen LogP contribution in [-0.4, -0.2) is 12.1 Å². The predicted molar refractivity (Wildman–Crippen MR) is 95.9 cm³/mol. The molecule has 0 saturated heterocycles. The predicted octanol–water partition coefficient (Wildman–Crippen LogP) is 4.90. The SMILES string of the molecule is CCCc1ccc(C(=O)OC2CCC(CCC)CC2)c(C#N)c1C#N. The van der Waals surface area contributed by atoms with E-state index in [1.165, 1.54) is 12.8 Å². The quantitative estimate of drug-likeness (QED) is 0.692. The van der Waals surface area contributed by atoms with Crippen molar-refractivity contribution in [2.45, 2.75) is 71.3 Å². The molecule has 1 saturated carbocycles. The summed E-state index contributed by atoms with van der Waals surface area (Å²) in [5.41, 5.74) is 1.50. The van der Waals surface area contributed by atoms with Gasteiger partial charge in [0.25, 0.3) is 0 Å². The Kier molecular flexibility index (Phi) is 7.02. The van der Waals surface area contributed by atoms with Crippen molar-refractivity contribution in [1.29, 1.82) is 10.5 Å². The molecule has 0 aliphatic heterocycles. The number of carbonyl (C=O) groups is 1. The van der Waals surface area contributed by atoms with E-state index in [4.69, 9.17) is 4.74 Å². The summed E-state index contributed by atoms with van der Waals surface area (Å²) in [5.74, 6) is 0.267. The van der Waals surface area contributed by atoms with Gasteiger partial charge in [0.2, 0.25) is 0 Å². The second-order valence-electron chi connectivity index (χ2n) is 6.83. The third kappa shape index (κ3) is 4.60.